The first kappa shape index (κ1) is 19.2. The van der Waals surface area contributed by atoms with Crippen LogP contribution in [0.15, 0.2) is 18.2 Å². The van der Waals surface area contributed by atoms with Gasteiger partial charge in [0.1, 0.15) is 0 Å². The third-order valence-electron chi connectivity index (χ3n) is 3.14. The summed E-state index contributed by atoms with van der Waals surface area (Å²) in [6.07, 6.45) is 2.70. The molecule has 1 amide bonds. The molecule has 0 aliphatic rings. The van der Waals surface area contributed by atoms with Crippen molar-refractivity contribution in [3.63, 3.8) is 0 Å². The van der Waals surface area contributed by atoms with E-state index in [1.165, 1.54) is 0 Å². The van der Waals surface area contributed by atoms with Gasteiger partial charge in [-0.1, -0.05) is 13.8 Å². The molecule has 0 fully saturated rings. The van der Waals surface area contributed by atoms with Crippen molar-refractivity contribution in [2.75, 3.05) is 17.3 Å². The minimum atomic E-state index is -0.458. The molecule has 1 atom stereocenters. The molecule has 0 saturated heterocycles. The predicted octanol–water partition coefficient (Wildman–Crippen LogP) is 3.86. The van der Waals surface area contributed by atoms with Crippen LogP contribution in [0, 0.1) is 0 Å². The van der Waals surface area contributed by atoms with E-state index in [-0.39, 0.29) is 18.3 Å². The maximum atomic E-state index is 12.0. The van der Waals surface area contributed by atoms with E-state index < -0.39 is 6.04 Å². The van der Waals surface area contributed by atoms with Crippen molar-refractivity contribution in [2.45, 2.75) is 32.2 Å². The molecule has 7 heteroatoms. The highest BCUT2D eigenvalue weighted by Gasteiger charge is 2.14. The van der Waals surface area contributed by atoms with Crippen LogP contribution in [0.2, 0.25) is 0 Å². The third-order valence-corrected chi connectivity index (χ3v) is 5.10. The summed E-state index contributed by atoms with van der Waals surface area (Å²) in [6.45, 7) is 4.26. The minimum absolute atomic E-state index is 0. The van der Waals surface area contributed by atoms with Crippen LogP contribution < -0.4 is 11.1 Å². The van der Waals surface area contributed by atoms with Crippen molar-refractivity contribution in [1.82, 2.24) is 4.98 Å². The Bertz CT molecular complexity index is 630. The number of rotatable bonds is 6. The van der Waals surface area contributed by atoms with Crippen LogP contribution in [0.25, 0.3) is 10.2 Å². The molecule has 1 heterocycles. The summed E-state index contributed by atoms with van der Waals surface area (Å²) < 4.78 is 1.09. The molecule has 3 N–H and O–H groups in total. The lowest BCUT2D eigenvalue weighted by Gasteiger charge is -2.11. The van der Waals surface area contributed by atoms with E-state index in [0.29, 0.717) is 12.3 Å². The van der Waals surface area contributed by atoms with Gasteiger partial charge in [-0.05, 0) is 36.6 Å². The van der Waals surface area contributed by atoms with E-state index in [1.54, 1.807) is 23.1 Å². The monoisotopic (exact) mass is 359 g/mol. The molecule has 1 aromatic carbocycles. The number of amides is 1. The average molecular weight is 360 g/mol. The van der Waals surface area contributed by atoms with Gasteiger partial charge in [-0.15, -0.1) is 23.7 Å². The molecule has 122 valence electrons. The Labute approximate surface area is 145 Å². The van der Waals surface area contributed by atoms with Gasteiger partial charge in [0.05, 0.1) is 21.3 Å². The fourth-order valence-electron chi connectivity index (χ4n) is 1.88. The zero-order chi connectivity index (χ0) is 15.4. The van der Waals surface area contributed by atoms with Crippen LogP contribution in [-0.4, -0.2) is 28.9 Å². The number of nitrogens with zero attached hydrogens (tertiary/aromatic N) is 1. The summed E-state index contributed by atoms with van der Waals surface area (Å²) in [5.41, 5.74) is 7.64. The number of nitrogens with two attached hydrogens (primary N) is 1. The van der Waals surface area contributed by atoms with E-state index in [4.69, 9.17) is 5.73 Å². The smallest absolute Gasteiger partial charge is 0.241 e. The quantitative estimate of drug-likeness (QED) is 0.821. The van der Waals surface area contributed by atoms with Gasteiger partial charge in [-0.2, -0.15) is 11.8 Å². The predicted molar refractivity (Wildman–Crippen MR) is 101 cm³/mol. The van der Waals surface area contributed by atoms with Crippen molar-refractivity contribution < 1.29 is 4.79 Å². The van der Waals surface area contributed by atoms with Crippen LogP contribution in [0.4, 0.5) is 5.69 Å². The van der Waals surface area contributed by atoms with Crippen LogP contribution in [0.5, 0.6) is 0 Å². The first-order valence-electron chi connectivity index (χ1n) is 6.97. The van der Waals surface area contributed by atoms with E-state index >= 15 is 0 Å². The highest BCUT2D eigenvalue weighted by atomic mass is 35.5. The van der Waals surface area contributed by atoms with Crippen molar-refractivity contribution in [3.05, 3.63) is 23.2 Å². The Kier molecular flexibility index (Phi) is 7.62. The molecule has 0 aliphatic heterocycles. The Morgan fingerprint density at radius 3 is 2.82 bits per heavy atom. The number of nitrogens with one attached hydrogen (secondary N) is 1. The molecular weight excluding hydrogens is 338 g/mol. The summed E-state index contributed by atoms with van der Waals surface area (Å²) in [5, 5.41) is 4.00. The molecule has 0 saturated carbocycles. The highest BCUT2D eigenvalue weighted by Crippen LogP contribution is 2.29. The number of halogens is 1. The van der Waals surface area contributed by atoms with Gasteiger partial charge in [0.15, 0.2) is 0 Å². The lowest BCUT2D eigenvalue weighted by Crippen LogP contribution is -2.36. The highest BCUT2D eigenvalue weighted by molar-refractivity contribution is 7.98. The van der Waals surface area contributed by atoms with E-state index in [2.05, 4.69) is 24.1 Å². The number of carbonyl (C=O) groups is 1. The summed E-state index contributed by atoms with van der Waals surface area (Å²) >= 11 is 3.37. The lowest BCUT2D eigenvalue weighted by atomic mass is 10.2. The van der Waals surface area contributed by atoms with Gasteiger partial charge in [0.25, 0.3) is 0 Å². The largest absolute Gasteiger partial charge is 0.325 e. The molecular formula is C15H22ClN3OS2. The summed E-state index contributed by atoms with van der Waals surface area (Å²) in [4.78, 5) is 16.6. The SMILES string of the molecule is CSCC[C@H](N)C(=O)Nc1ccc2nc(C(C)C)sc2c1.Cl. The molecule has 4 nitrogen and oxygen atoms in total. The number of thiazole rings is 1. The summed E-state index contributed by atoms with van der Waals surface area (Å²) in [7, 11) is 0. The number of thioether (sulfide) groups is 1. The molecule has 0 aliphatic carbocycles. The number of aromatic nitrogens is 1. The molecule has 1 aromatic heterocycles. The van der Waals surface area contributed by atoms with E-state index in [0.717, 1.165) is 26.7 Å². The van der Waals surface area contributed by atoms with Crippen LogP contribution >= 0.6 is 35.5 Å². The number of hydrogen-bond acceptors (Lipinski definition) is 5. The van der Waals surface area contributed by atoms with Crippen LogP contribution in [0.1, 0.15) is 31.2 Å². The Morgan fingerprint density at radius 2 is 2.18 bits per heavy atom. The normalized spacial score (nSPS) is 12.2. The Hall–Kier alpha value is -0.820. The second-order valence-corrected chi connectivity index (χ2v) is 7.31. The molecule has 22 heavy (non-hydrogen) atoms. The molecule has 0 bridgehead atoms. The van der Waals surface area contributed by atoms with Crippen molar-refractivity contribution >= 4 is 57.3 Å². The molecule has 0 unspecified atom stereocenters. The molecule has 2 aromatic rings. The third kappa shape index (κ3) is 4.84. The zero-order valence-corrected chi connectivity index (χ0v) is 15.4. The topological polar surface area (TPSA) is 68.0 Å². The van der Waals surface area contributed by atoms with Gasteiger partial charge < -0.3 is 11.1 Å². The summed E-state index contributed by atoms with van der Waals surface area (Å²) in [6, 6.07) is 5.34. The van der Waals surface area contributed by atoms with Crippen LogP contribution in [0.3, 0.4) is 0 Å². The standard InChI is InChI=1S/C15H21N3OS2.ClH/c1-9(2)15-18-12-5-4-10(8-13(12)21-15)17-14(19)11(16)6-7-20-3;/h4-5,8-9,11H,6-7,16H2,1-3H3,(H,17,19);1H/t11-;/m0./s1. The summed E-state index contributed by atoms with van der Waals surface area (Å²) in [5.74, 6) is 1.18. The fourth-order valence-corrected chi connectivity index (χ4v) is 3.38. The first-order valence-corrected chi connectivity index (χ1v) is 9.18. The fraction of sp³-hybridized carbons (Fsp3) is 0.467. The maximum absolute atomic E-state index is 12.0. The van der Waals surface area contributed by atoms with Gasteiger partial charge >= 0.3 is 0 Å². The van der Waals surface area contributed by atoms with Crippen molar-refractivity contribution in [3.8, 4) is 0 Å². The van der Waals surface area contributed by atoms with Crippen molar-refractivity contribution in [2.24, 2.45) is 5.73 Å². The molecule has 2 rings (SSSR count). The Morgan fingerprint density at radius 1 is 1.45 bits per heavy atom. The minimum Gasteiger partial charge on any atom is -0.325 e. The maximum Gasteiger partial charge on any atom is 0.241 e. The van der Waals surface area contributed by atoms with E-state index in [1.807, 2.05) is 24.5 Å². The van der Waals surface area contributed by atoms with Gasteiger partial charge in [-0.25, -0.2) is 4.98 Å². The average Bonchev–Trinajstić information content (AvgIpc) is 2.88. The second-order valence-electron chi connectivity index (χ2n) is 5.27. The van der Waals surface area contributed by atoms with Crippen LogP contribution in [-0.2, 0) is 4.79 Å². The number of anilines is 1. The van der Waals surface area contributed by atoms with Crippen molar-refractivity contribution in [1.29, 1.82) is 0 Å². The molecule has 0 spiro atoms. The molecule has 0 radical (unpaired) electrons. The number of carbonyl (C=O) groups excluding carboxylic acids is 1. The number of fused-ring (bicyclic) bond motifs is 1. The lowest BCUT2D eigenvalue weighted by molar-refractivity contribution is -0.117. The van der Waals surface area contributed by atoms with Gasteiger partial charge in [0, 0.05) is 11.6 Å². The number of hydrogen-bond donors (Lipinski definition) is 2. The zero-order valence-electron chi connectivity index (χ0n) is 13.0. The first-order chi connectivity index (χ1) is 10.0. The Balaban J connectivity index is 0.00000242. The van der Waals surface area contributed by atoms with Gasteiger partial charge in [-0.3, -0.25) is 4.79 Å². The second kappa shape index (κ2) is 8.72. The van der Waals surface area contributed by atoms with E-state index in [9.17, 15) is 4.79 Å². The van der Waals surface area contributed by atoms with Gasteiger partial charge in [0.2, 0.25) is 5.91 Å². The number of benzene rings is 1.